The van der Waals surface area contributed by atoms with Crippen molar-refractivity contribution in [1.29, 1.82) is 0 Å². The highest BCUT2D eigenvalue weighted by atomic mass is 35.5. The number of anilines is 2. The van der Waals surface area contributed by atoms with E-state index in [9.17, 15) is 0 Å². The molecule has 9 nitrogen and oxygen atoms in total. The van der Waals surface area contributed by atoms with Crippen molar-refractivity contribution in [3.8, 4) is 22.9 Å². The minimum Gasteiger partial charge on any atom is -0.491 e. The number of nitrogens with zero attached hydrogens (tertiary/aromatic N) is 4. The van der Waals surface area contributed by atoms with Crippen molar-refractivity contribution in [3.63, 3.8) is 0 Å². The topological polar surface area (TPSA) is 122 Å². The van der Waals surface area contributed by atoms with Gasteiger partial charge < -0.3 is 25.7 Å². The monoisotopic (exact) mass is 520 g/mol. The predicted octanol–water partition coefficient (Wildman–Crippen LogP) is 4.19. The molecule has 1 atom stereocenters. The Balaban J connectivity index is 1.33. The van der Waals surface area contributed by atoms with E-state index in [1.165, 1.54) is 0 Å². The van der Waals surface area contributed by atoms with Crippen LogP contribution in [0.15, 0.2) is 54.7 Å². The van der Waals surface area contributed by atoms with E-state index in [4.69, 9.17) is 42.3 Å². The number of likely N-dealkylation sites (N-methyl/N-ethyl adjacent to an activating group) is 1. The van der Waals surface area contributed by atoms with Crippen LogP contribution in [-0.4, -0.2) is 59.3 Å². The highest BCUT2D eigenvalue weighted by molar-refractivity contribution is 6.32. The smallest absolute Gasteiger partial charge is 0.162 e. The number of nitrogen functional groups attached to an aromatic ring is 2. The zero-order valence-corrected chi connectivity index (χ0v) is 21.3. The van der Waals surface area contributed by atoms with Gasteiger partial charge in [-0.3, -0.25) is 9.88 Å². The van der Waals surface area contributed by atoms with Crippen molar-refractivity contribution in [3.05, 3.63) is 65.4 Å². The maximum atomic E-state index is 6.50. The summed E-state index contributed by atoms with van der Waals surface area (Å²) in [4.78, 5) is 15.7. The number of hydrogen-bond acceptors (Lipinski definition) is 9. The fourth-order valence-corrected chi connectivity index (χ4v) is 4.42. The van der Waals surface area contributed by atoms with Gasteiger partial charge >= 0.3 is 0 Å². The summed E-state index contributed by atoms with van der Waals surface area (Å²) in [5, 5.41) is 1.10. The van der Waals surface area contributed by atoms with E-state index in [-0.39, 0.29) is 0 Å². The van der Waals surface area contributed by atoms with Gasteiger partial charge in [-0.05, 0) is 49.9 Å². The molecule has 0 radical (unpaired) electrons. The van der Waals surface area contributed by atoms with Gasteiger partial charge in [-0.25, -0.2) is 9.97 Å². The summed E-state index contributed by atoms with van der Waals surface area (Å²) in [6, 6.07) is 14.9. The summed E-state index contributed by atoms with van der Waals surface area (Å²) >= 11 is 6.50. The van der Waals surface area contributed by atoms with Crippen LogP contribution in [0.4, 0.5) is 11.5 Å². The van der Waals surface area contributed by atoms with E-state index in [0.29, 0.717) is 76.2 Å². The van der Waals surface area contributed by atoms with Crippen molar-refractivity contribution < 1.29 is 14.2 Å². The van der Waals surface area contributed by atoms with Crippen LogP contribution >= 0.6 is 11.6 Å². The lowest BCUT2D eigenvalue weighted by Gasteiger charge is -2.32. The molecule has 192 valence electrons. The Morgan fingerprint density at radius 1 is 1.08 bits per heavy atom. The molecule has 2 aromatic carbocycles. The van der Waals surface area contributed by atoms with E-state index in [2.05, 4.69) is 21.9 Å². The molecule has 3 heterocycles. The largest absolute Gasteiger partial charge is 0.491 e. The highest BCUT2D eigenvalue weighted by Gasteiger charge is 2.20. The molecule has 10 heteroatoms. The molecule has 1 fully saturated rings. The standard InChI is InChI=1S/C27H29ClN6O3/c1-34-9-11-35-16-19(34)7-10-36-25-14-23-20(13-22(25)29)26(30)33-27(32-23)17-5-6-24(21(28)12-17)37-15-18-4-2-3-8-31-18/h2-6,8,12-14,19H,7,9-11,15-16,29H2,1H3,(H2,30,32,33). The Bertz CT molecular complexity index is 1390. The van der Waals surface area contributed by atoms with Crippen LogP contribution in [-0.2, 0) is 11.3 Å². The molecule has 5 rings (SSSR count). The first-order valence-electron chi connectivity index (χ1n) is 12.1. The van der Waals surface area contributed by atoms with Gasteiger partial charge in [0.25, 0.3) is 0 Å². The van der Waals surface area contributed by atoms with E-state index in [1.807, 2.05) is 24.3 Å². The molecule has 0 bridgehead atoms. The average Bonchev–Trinajstić information content (AvgIpc) is 2.90. The first kappa shape index (κ1) is 25.0. The number of nitrogens with two attached hydrogens (primary N) is 2. The second-order valence-electron chi connectivity index (χ2n) is 8.94. The van der Waals surface area contributed by atoms with E-state index in [1.54, 1.807) is 30.5 Å². The zero-order chi connectivity index (χ0) is 25.8. The van der Waals surface area contributed by atoms with Crippen molar-refractivity contribution in [2.75, 3.05) is 44.9 Å². The van der Waals surface area contributed by atoms with Crippen LogP contribution in [0.3, 0.4) is 0 Å². The van der Waals surface area contributed by atoms with Gasteiger partial charge in [0, 0.05) is 35.8 Å². The number of aromatic nitrogens is 3. The predicted molar refractivity (Wildman–Crippen MR) is 145 cm³/mol. The summed E-state index contributed by atoms with van der Waals surface area (Å²) in [5.41, 5.74) is 15.2. The number of fused-ring (bicyclic) bond motifs is 1. The van der Waals surface area contributed by atoms with Gasteiger partial charge in [0.15, 0.2) is 5.82 Å². The summed E-state index contributed by atoms with van der Waals surface area (Å²) in [6.45, 7) is 3.21. The van der Waals surface area contributed by atoms with Crippen LogP contribution in [0.2, 0.25) is 5.02 Å². The van der Waals surface area contributed by atoms with Gasteiger partial charge in [0.05, 0.1) is 41.7 Å². The minimum atomic E-state index is 0.313. The quantitative estimate of drug-likeness (QED) is 0.329. The number of ether oxygens (including phenoxy) is 3. The second-order valence-corrected chi connectivity index (χ2v) is 9.35. The summed E-state index contributed by atoms with van der Waals surface area (Å²) in [6.07, 6.45) is 2.55. The van der Waals surface area contributed by atoms with Crippen LogP contribution in [0, 0.1) is 0 Å². The fraction of sp³-hybridized carbons (Fsp3) is 0.296. The fourth-order valence-electron chi connectivity index (χ4n) is 4.19. The van der Waals surface area contributed by atoms with Gasteiger partial charge in [0.1, 0.15) is 23.9 Å². The number of pyridine rings is 1. The number of benzene rings is 2. The van der Waals surface area contributed by atoms with E-state index < -0.39 is 0 Å². The van der Waals surface area contributed by atoms with Gasteiger partial charge in [0.2, 0.25) is 0 Å². The Hall–Kier alpha value is -3.66. The number of hydrogen-bond donors (Lipinski definition) is 2. The molecule has 37 heavy (non-hydrogen) atoms. The Kier molecular flexibility index (Phi) is 7.55. The van der Waals surface area contributed by atoms with Crippen molar-refractivity contribution in [2.24, 2.45) is 0 Å². The third-order valence-corrected chi connectivity index (χ3v) is 6.67. The number of rotatable bonds is 8. The lowest BCUT2D eigenvalue weighted by atomic mass is 10.1. The van der Waals surface area contributed by atoms with Crippen molar-refractivity contribution in [1.82, 2.24) is 19.9 Å². The molecule has 1 saturated heterocycles. The summed E-state index contributed by atoms with van der Waals surface area (Å²) < 4.78 is 17.4. The summed E-state index contributed by atoms with van der Waals surface area (Å²) in [5.74, 6) is 1.88. The molecule has 1 aliphatic heterocycles. The average molecular weight is 521 g/mol. The zero-order valence-electron chi connectivity index (χ0n) is 20.6. The minimum absolute atomic E-state index is 0.313. The third-order valence-electron chi connectivity index (χ3n) is 6.38. The molecule has 0 amide bonds. The molecular weight excluding hydrogens is 492 g/mol. The van der Waals surface area contributed by atoms with E-state index >= 15 is 0 Å². The molecule has 0 spiro atoms. The van der Waals surface area contributed by atoms with Gasteiger partial charge in [-0.1, -0.05) is 17.7 Å². The van der Waals surface area contributed by atoms with E-state index in [0.717, 1.165) is 25.3 Å². The SMILES string of the molecule is CN1CCOCC1CCOc1cc2nc(-c3ccc(OCc4ccccn4)c(Cl)c3)nc(N)c2cc1N. The maximum absolute atomic E-state index is 6.50. The first-order valence-corrected chi connectivity index (χ1v) is 12.5. The Morgan fingerprint density at radius 2 is 1.97 bits per heavy atom. The van der Waals surface area contributed by atoms with Crippen LogP contribution in [0.1, 0.15) is 12.1 Å². The van der Waals surface area contributed by atoms with Crippen LogP contribution in [0.5, 0.6) is 11.5 Å². The molecule has 1 aliphatic rings. The Morgan fingerprint density at radius 3 is 2.76 bits per heavy atom. The molecule has 2 aromatic heterocycles. The maximum Gasteiger partial charge on any atom is 0.162 e. The highest BCUT2D eigenvalue weighted by Crippen LogP contribution is 2.34. The lowest BCUT2D eigenvalue weighted by molar-refractivity contribution is -0.00131. The Labute approximate surface area is 220 Å². The van der Waals surface area contributed by atoms with Crippen molar-refractivity contribution >= 4 is 34.0 Å². The second kappa shape index (κ2) is 11.2. The first-order chi connectivity index (χ1) is 18.0. The molecule has 4 N–H and O–H groups in total. The number of morpholine rings is 1. The molecule has 0 saturated carbocycles. The molecule has 4 aromatic rings. The number of halogens is 1. The molecular formula is C27H29ClN6O3. The normalized spacial score (nSPS) is 16.1. The molecule has 1 unspecified atom stereocenters. The van der Waals surface area contributed by atoms with Crippen LogP contribution < -0.4 is 20.9 Å². The molecule has 0 aliphatic carbocycles. The third kappa shape index (κ3) is 5.85. The lowest BCUT2D eigenvalue weighted by Crippen LogP contribution is -2.43. The van der Waals surface area contributed by atoms with Crippen molar-refractivity contribution in [2.45, 2.75) is 19.1 Å². The van der Waals surface area contributed by atoms with Gasteiger partial charge in [-0.2, -0.15) is 0 Å². The van der Waals surface area contributed by atoms with Gasteiger partial charge in [-0.15, -0.1) is 0 Å². The van der Waals surface area contributed by atoms with Crippen LogP contribution in [0.25, 0.3) is 22.3 Å². The summed E-state index contributed by atoms with van der Waals surface area (Å²) in [7, 11) is 2.10.